The van der Waals surface area contributed by atoms with Crippen molar-refractivity contribution in [1.82, 2.24) is 9.88 Å². The lowest BCUT2D eigenvalue weighted by Gasteiger charge is -2.24. The van der Waals surface area contributed by atoms with Crippen LogP contribution in [0.15, 0.2) is 53.9 Å². The van der Waals surface area contributed by atoms with Crippen LogP contribution in [0, 0.1) is 11.6 Å². The molecule has 3 aromatic rings. The summed E-state index contributed by atoms with van der Waals surface area (Å²) in [5.74, 6) is -0.819. The monoisotopic (exact) mass is 370 g/mol. The number of thiazole rings is 1. The second kappa shape index (κ2) is 6.96. The van der Waals surface area contributed by atoms with Gasteiger partial charge in [0.15, 0.2) is 0 Å². The number of hydrogen-bond donors (Lipinski definition) is 0. The van der Waals surface area contributed by atoms with Crippen molar-refractivity contribution in [2.75, 3.05) is 6.54 Å². The van der Waals surface area contributed by atoms with Gasteiger partial charge >= 0.3 is 0 Å². The summed E-state index contributed by atoms with van der Waals surface area (Å²) in [6.45, 7) is 0.632. The fraction of sp³-hybridized carbons (Fsp3) is 0.200. The highest BCUT2D eigenvalue weighted by atomic mass is 32.1. The van der Waals surface area contributed by atoms with Crippen molar-refractivity contribution < 1.29 is 13.6 Å². The molecule has 3 nitrogen and oxygen atoms in total. The number of carbonyl (C=O) groups excluding carboxylic acids is 1. The molecule has 1 aliphatic heterocycles. The SMILES string of the molecule is O=C(c1csc(-c2ccccc2F)n1)N1CCC[C@@H]1c1ccc(F)cc1. The number of amides is 1. The summed E-state index contributed by atoms with van der Waals surface area (Å²) >= 11 is 1.25. The van der Waals surface area contributed by atoms with E-state index in [0.29, 0.717) is 22.8 Å². The molecular weight excluding hydrogens is 354 g/mol. The van der Waals surface area contributed by atoms with Crippen molar-refractivity contribution in [3.8, 4) is 10.6 Å². The van der Waals surface area contributed by atoms with E-state index < -0.39 is 0 Å². The zero-order chi connectivity index (χ0) is 18.1. The molecule has 1 aliphatic rings. The minimum absolute atomic E-state index is 0.0817. The van der Waals surface area contributed by atoms with Crippen LogP contribution in [0.3, 0.4) is 0 Å². The number of hydrogen-bond acceptors (Lipinski definition) is 3. The van der Waals surface area contributed by atoms with Gasteiger partial charge in [-0.2, -0.15) is 0 Å². The Bertz CT molecular complexity index is 939. The van der Waals surface area contributed by atoms with Gasteiger partial charge in [0.25, 0.3) is 5.91 Å². The van der Waals surface area contributed by atoms with Crippen LogP contribution in [0.25, 0.3) is 10.6 Å². The fourth-order valence-electron chi connectivity index (χ4n) is 3.32. The number of benzene rings is 2. The lowest BCUT2D eigenvalue weighted by atomic mass is 10.0. The molecular formula is C20H16F2N2OS. The van der Waals surface area contributed by atoms with Crippen LogP contribution in [0.1, 0.15) is 34.9 Å². The summed E-state index contributed by atoms with van der Waals surface area (Å²) in [5, 5.41) is 2.16. The molecule has 2 aromatic carbocycles. The Morgan fingerprint density at radius 3 is 2.65 bits per heavy atom. The molecule has 0 aliphatic carbocycles. The molecule has 0 spiro atoms. The highest BCUT2D eigenvalue weighted by molar-refractivity contribution is 7.13. The molecule has 0 bridgehead atoms. The van der Waals surface area contributed by atoms with Crippen molar-refractivity contribution in [3.63, 3.8) is 0 Å². The van der Waals surface area contributed by atoms with Crippen LogP contribution >= 0.6 is 11.3 Å². The maximum Gasteiger partial charge on any atom is 0.273 e. The summed E-state index contributed by atoms with van der Waals surface area (Å²) in [6, 6.07) is 12.6. The van der Waals surface area contributed by atoms with Gasteiger partial charge in [-0.25, -0.2) is 13.8 Å². The first kappa shape index (κ1) is 16.8. The maximum atomic E-state index is 13.9. The number of rotatable bonds is 3. The highest BCUT2D eigenvalue weighted by Gasteiger charge is 2.31. The zero-order valence-corrected chi connectivity index (χ0v) is 14.7. The predicted molar refractivity (Wildman–Crippen MR) is 96.9 cm³/mol. The molecule has 0 radical (unpaired) electrons. The molecule has 2 heterocycles. The van der Waals surface area contributed by atoms with E-state index in [2.05, 4.69) is 4.98 Å². The predicted octanol–water partition coefficient (Wildman–Crippen LogP) is 5.07. The third-order valence-electron chi connectivity index (χ3n) is 4.60. The first-order valence-corrected chi connectivity index (χ1v) is 9.28. The number of halogens is 2. The Kier molecular flexibility index (Phi) is 4.51. The van der Waals surface area contributed by atoms with Gasteiger partial charge < -0.3 is 4.90 Å². The van der Waals surface area contributed by atoms with E-state index >= 15 is 0 Å². The molecule has 26 heavy (non-hydrogen) atoms. The molecule has 4 rings (SSSR count). The lowest BCUT2D eigenvalue weighted by Crippen LogP contribution is -2.30. The van der Waals surface area contributed by atoms with E-state index in [4.69, 9.17) is 0 Å². The molecule has 1 atom stereocenters. The number of aromatic nitrogens is 1. The van der Waals surface area contributed by atoms with E-state index in [1.165, 1.54) is 29.5 Å². The molecule has 0 unspecified atom stereocenters. The van der Waals surface area contributed by atoms with Gasteiger partial charge in [-0.3, -0.25) is 4.79 Å². The maximum absolute atomic E-state index is 13.9. The standard InChI is InChI=1S/C20H16F2N2OS/c21-14-9-7-13(8-10-14)18-6-3-11-24(18)20(25)17-12-26-19(23-17)15-4-1-2-5-16(15)22/h1-2,4-5,7-10,12,18H,3,6,11H2/t18-/m1/s1. The van der Waals surface area contributed by atoms with Crippen molar-refractivity contribution in [1.29, 1.82) is 0 Å². The summed E-state index contributed by atoms with van der Waals surface area (Å²) < 4.78 is 27.1. The smallest absolute Gasteiger partial charge is 0.273 e. The van der Waals surface area contributed by atoms with Crippen LogP contribution in [-0.2, 0) is 0 Å². The van der Waals surface area contributed by atoms with E-state index in [-0.39, 0.29) is 23.6 Å². The highest BCUT2D eigenvalue weighted by Crippen LogP contribution is 2.34. The summed E-state index contributed by atoms with van der Waals surface area (Å²) in [4.78, 5) is 19.1. The van der Waals surface area contributed by atoms with Crippen molar-refractivity contribution in [3.05, 3.63) is 76.8 Å². The Morgan fingerprint density at radius 1 is 1.12 bits per heavy atom. The minimum Gasteiger partial charge on any atom is -0.330 e. The van der Waals surface area contributed by atoms with Crippen molar-refractivity contribution in [2.45, 2.75) is 18.9 Å². The number of nitrogens with zero attached hydrogens (tertiary/aromatic N) is 2. The first-order valence-electron chi connectivity index (χ1n) is 8.40. The van der Waals surface area contributed by atoms with E-state index in [0.717, 1.165) is 18.4 Å². The summed E-state index contributed by atoms with van der Waals surface area (Å²) in [6.07, 6.45) is 1.72. The largest absolute Gasteiger partial charge is 0.330 e. The lowest BCUT2D eigenvalue weighted by molar-refractivity contribution is 0.0730. The average Bonchev–Trinajstić information content (AvgIpc) is 3.32. The molecule has 1 fully saturated rings. The van der Waals surface area contributed by atoms with Crippen LogP contribution in [0.4, 0.5) is 8.78 Å². The zero-order valence-electron chi connectivity index (χ0n) is 13.9. The first-order chi connectivity index (χ1) is 12.6. The molecule has 6 heteroatoms. The molecule has 0 saturated carbocycles. The van der Waals surface area contributed by atoms with Crippen molar-refractivity contribution >= 4 is 17.2 Å². The Morgan fingerprint density at radius 2 is 1.88 bits per heavy atom. The number of likely N-dealkylation sites (tertiary alicyclic amines) is 1. The van der Waals surface area contributed by atoms with Gasteiger partial charge in [0, 0.05) is 17.5 Å². The second-order valence-electron chi connectivity index (χ2n) is 6.23. The minimum atomic E-state index is -0.355. The Balaban J connectivity index is 1.59. The van der Waals surface area contributed by atoms with E-state index in [1.807, 2.05) is 0 Å². The van der Waals surface area contributed by atoms with Gasteiger partial charge in [0.05, 0.1) is 6.04 Å². The Labute approximate surface area is 153 Å². The van der Waals surface area contributed by atoms with E-state index in [9.17, 15) is 13.6 Å². The van der Waals surface area contributed by atoms with Gasteiger partial charge in [-0.15, -0.1) is 11.3 Å². The third kappa shape index (κ3) is 3.12. The number of carbonyl (C=O) groups is 1. The Hall–Kier alpha value is -2.60. The molecule has 0 N–H and O–H groups in total. The van der Waals surface area contributed by atoms with Crippen LogP contribution in [-0.4, -0.2) is 22.3 Å². The van der Waals surface area contributed by atoms with Gasteiger partial charge in [-0.05, 0) is 42.7 Å². The van der Waals surface area contributed by atoms with Gasteiger partial charge in [0.1, 0.15) is 22.3 Å². The summed E-state index contributed by atoms with van der Waals surface area (Å²) in [7, 11) is 0. The fourth-order valence-corrected chi connectivity index (χ4v) is 4.14. The third-order valence-corrected chi connectivity index (χ3v) is 5.47. The van der Waals surface area contributed by atoms with Crippen molar-refractivity contribution in [2.24, 2.45) is 0 Å². The topological polar surface area (TPSA) is 33.2 Å². The molecule has 1 amide bonds. The molecule has 1 aromatic heterocycles. The van der Waals surface area contributed by atoms with Gasteiger partial charge in [0.2, 0.25) is 0 Å². The van der Waals surface area contributed by atoms with Crippen LogP contribution < -0.4 is 0 Å². The molecule has 132 valence electrons. The van der Waals surface area contributed by atoms with Crippen LogP contribution in [0.5, 0.6) is 0 Å². The average molecular weight is 370 g/mol. The normalized spacial score (nSPS) is 16.8. The second-order valence-corrected chi connectivity index (χ2v) is 7.08. The molecule has 1 saturated heterocycles. The van der Waals surface area contributed by atoms with E-state index in [1.54, 1.807) is 40.6 Å². The van der Waals surface area contributed by atoms with Crippen LogP contribution in [0.2, 0.25) is 0 Å². The van der Waals surface area contributed by atoms with Gasteiger partial charge in [-0.1, -0.05) is 24.3 Å². The summed E-state index contributed by atoms with van der Waals surface area (Å²) in [5.41, 5.74) is 1.64. The quantitative estimate of drug-likeness (QED) is 0.645.